The number of anilines is 1. The smallest absolute Gasteiger partial charge is 0.262 e. The summed E-state index contributed by atoms with van der Waals surface area (Å²) in [5, 5.41) is 25.6. The molecule has 20 heavy (non-hydrogen) atoms. The average molecular weight is 280 g/mol. The number of aliphatic hydroxyl groups excluding tert-OH is 1. The Bertz CT molecular complexity index is 490. The first-order valence-electron chi connectivity index (χ1n) is 6.80. The van der Waals surface area contributed by atoms with Crippen molar-refractivity contribution in [1.82, 2.24) is 5.32 Å². The molecule has 1 heterocycles. The molecule has 1 atom stereocenters. The van der Waals surface area contributed by atoms with Crippen LogP contribution in [0.25, 0.3) is 0 Å². The second-order valence-corrected chi connectivity index (χ2v) is 4.79. The van der Waals surface area contributed by atoms with Crippen molar-refractivity contribution >= 4 is 11.6 Å². The first kappa shape index (κ1) is 14.6. The van der Waals surface area contributed by atoms with Crippen LogP contribution in [0.2, 0.25) is 0 Å². The molecule has 1 aliphatic heterocycles. The fourth-order valence-electron chi connectivity index (χ4n) is 2.09. The van der Waals surface area contributed by atoms with Crippen molar-refractivity contribution in [2.24, 2.45) is 0 Å². The monoisotopic (exact) mass is 280 g/mol. The molecule has 4 N–H and O–H groups in total. The van der Waals surface area contributed by atoms with Crippen molar-refractivity contribution in [3.8, 4) is 11.5 Å². The molecule has 0 aliphatic carbocycles. The van der Waals surface area contributed by atoms with E-state index in [2.05, 4.69) is 17.6 Å². The highest BCUT2D eigenvalue weighted by atomic mass is 16.5. The van der Waals surface area contributed by atoms with Crippen LogP contribution in [-0.2, 0) is 4.79 Å². The Kier molecular flexibility index (Phi) is 4.81. The standard InChI is InChI=1S/C14H20N2O4/c1-2-3-6-15-7-11(18)9-4-5-10(17)13-14(9)20-8-12(19)16-13/h4-5,11,15,17-18H,2-3,6-8H2,1H3,(H,16,19). The number of nitrogens with one attached hydrogen (secondary N) is 2. The van der Waals surface area contributed by atoms with Gasteiger partial charge in [0.1, 0.15) is 11.4 Å². The predicted molar refractivity (Wildman–Crippen MR) is 75.0 cm³/mol. The third-order valence-electron chi connectivity index (χ3n) is 3.18. The zero-order valence-corrected chi connectivity index (χ0v) is 11.5. The maximum Gasteiger partial charge on any atom is 0.262 e. The summed E-state index contributed by atoms with van der Waals surface area (Å²) in [6.07, 6.45) is 1.39. The molecule has 0 radical (unpaired) electrons. The van der Waals surface area contributed by atoms with Crippen molar-refractivity contribution in [3.63, 3.8) is 0 Å². The number of amides is 1. The molecule has 1 aromatic carbocycles. The van der Waals surface area contributed by atoms with Gasteiger partial charge in [-0.25, -0.2) is 0 Å². The van der Waals surface area contributed by atoms with E-state index in [9.17, 15) is 15.0 Å². The van der Waals surface area contributed by atoms with E-state index in [1.165, 1.54) is 6.07 Å². The van der Waals surface area contributed by atoms with Crippen LogP contribution >= 0.6 is 0 Å². The van der Waals surface area contributed by atoms with Gasteiger partial charge in [-0.1, -0.05) is 13.3 Å². The predicted octanol–water partition coefficient (Wildman–Crippen LogP) is 1.15. The molecule has 0 aromatic heterocycles. The molecule has 1 aliphatic rings. The summed E-state index contributed by atoms with van der Waals surface area (Å²) in [5.41, 5.74) is 0.785. The highest BCUT2D eigenvalue weighted by molar-refractivity contribution is 5.97. The van der Waals surface area contributed by atoms with E-state index in [4.69, 9.17) is 4.74 Å². The molecule has 0 fully saturated rings. The molecule has 0 bridgehead atoms. The van der Waals surface area contributed by atoms with Gasteiger partial charge in [-0.3, -0.25) is 4.79 Å². The van der Waals surface area contributed by atoms with Gasteiger partial charge < -0.3 is 25.6 Å². The molecule has 2 rings (SSSR count). The molecule has 1 amide bonds. The molecule has 1 aromatic rings. The van der Waals surface area contributed by atoms with E-state index in [-0.39, 0.29) is 24.0 Å². The number of phenolic OH excluding ortho intramolecular Hbond substituents is 1. The van der Waals surface area contributed by atoms with Gasteiger partial charge in [0, 0.05) is 12.1 Å². The summed E-state index contributed by atoms with van der Waals surface area (Å²) in [5.74, 6) is -0.0437. The second kappa shape index (κ2) is 6.58. The third-order valence-corrected chi connectivity index (χ3v) is 3.18. The van der Waals surface area contributed by atoms with Crippen LogP contribution in [0.3, 0.4) is 0 Å². The van der Waals surface area contributed by atoms with Crippen LogP contribution < -0.4 is 15.4 Å². The summed E-state index contributed by atoms with van der Waals surface area (Å²) in [4.78, 5) is 11.3. The molecule has 110 valence electrons. The second-order valence-electron chi connectivity index (χ2n) is 4.79. The lowest BCUT2D eigenvalue weighted by Gasteiger charge is -2.23. The highest BCUT2D eigenvalue weighted by Crippen LogP contribution is 2.41. The minimum atomic E-state index is -0.754. The van der Waals surface area contributed by atoms with Gasteiger partial charge in [0.05, 0.1) is 6.10 Å². The molecule has 6 heteroatoms. The largest absolute Gasteiger partial charge is 0.506 e. The van der Waals surface area contributed by atoms with Crippen LogP contribution in [0, 0.1) is 0 Å². The van der Waals surface area contributed by atoms with Crippen LogP contribution in [0.15, 0.2) is 12.1 Å². The topological polar surface area (TPSA) is 90.8 Å². The van der Waals surface area contributed by atoms with Gasteiger partial charge in [0.25, 0.3) is 5.91 Å². The first-order valence-corrected chi connectivity index (χ1v) is 6.80. The van der Waals surface area contributed by atoms with Gasteiger partial charge in [0.15, 0.2) is 12.4 Å². The number of rotatable bonds is 6. The summed E-state index contributed by atoms with van der Waals surface area (Å²) in [6, 6.07) is 3.05. The third kappa shape index (κ3) is 3.20. The van der Waals surface area contributed by atoms with Crippen molar-refractivity contribution in [2.45, 2.75) is 25.9 Å². The minimum absolute atomic E-state index is 0.0667. The Balaban J connectivity index is 2.12. The van der Waals surface area contributed by atoms with Crippen LogP contribution in [-0.4, -0.2) is 35.8 Å². The SMILES string of the molecule is CCCCNCC(O)c1ccc(O)c2c1OCC(=O)N2. The fraction of sp³-hybridized carbons (Fsp3) is 0.500. The average Bonchev–Trinajstić information content (AvgIpc) is 2.44. The van der Waals surface area contributed by atoms with E-state index in [1.807, 2.05) is 0 Å². The van der Waals surface area contributed by atoms with Gasteiger partial charge in [-0.15, -0.1) is 0 Å². The van der Waals surface area contributed by atoms with Crippen molar-refractivity contribution in [2.75, 3.05) is 25.0 Å². The number of fused-ring (bicyclic) bond motifs is 1. The maximum absolute atomic E-state index is 11.3. The molecular weight excluding hydrogens is 260 g/mol. The normalized spacial score (nSPS) is 15.2. The van der Waals surface area contributed by atoms with Gasteiger partial charge in [-0.05, 0) is 25.1 Å². The fourth-order valence-corrected chi connectivity index (χ4v) is 2.09. The summed E-state index contributed by atoms with van der Waals surface area (Å²) < 4.78 is 5.34. The van der Waals surface area contributed by atoms with Crippen molar-refractivity contribution in [1.29, 1.82) is 0 Å². The van der Waals surface area contributed by atoms with E-state index < -0.39 is 6.10 Å². The van der Waals surface area contributed by atoms with Crippen molar-refractivity contribution < 1.29 is 19.7 Å². The van der Waals surface area contributed by atoms with Gasteiger partial charge >= 0.3 is 0 Å². The van der Waals surface area contributed by atoms with Crippen molar-refractivity contribution in [3.05, 3.63) is 17.7 Å². The maximum atomic E-state index is 11.3. The zero-order chi connectivity index (χ0) is 14.5. The number of ether oxygens (including phenoxy) is 1. The number of phenols is 1. The quantitative estimate of drug-likeness (QED) is 0.463. The van der Waals surface area contributed by atoms with Crippen LogP contribution in [0.5, 0.6) is 11.5 Å². The molecule has 0 saturated carbocycles. The van der Waals surface area contributed by atoms with Gasteiger partial charge in [0.2, 0.25) is 0 Å². The lowest BCUT2D eigenvalue weighted by Crippen LogP contribution is -2.28. The lowest BCUT2D eigenvalue weighted by atomic mass is 10.1. The summed E-state index contributed by atoms with van der Waals surface area (Å²) in [7, 11) is 0. The molecule has 0 saturated heterocycles. The number of hydrogen-bond donors (Lipinski definition) is 4. The Hall–Kier alpha value is -1.79. The number of carbonyl (C=O) groups is 1. The van der Waals surface area contributed by atoms with E-state index in [0.717, 1.165) is 19.4 Å². The van der Waals surface area contributed by atoms with Gasteiger partial charge in [-0.2, -0.15) is 0 Å². The number of carbonyl (C=O) groups excluding carboxylic acids is 1. The minimum Gasteiger partial charge on any atom is -0.506 e. The van der Waals surface area contributed by atoms with Crippen LogP contribution in [0.1, 0.15) is 31.4 Å². The summed E-state index contributed by atoms with van der Waals surface area (Å²) in [6.45, 7) is 3.23. The number of hydrogen-bond acceptors (Lipinski definition) is 5. The summed E-state index contributed by atoms with van der Waals surface area (Å²) >= 11 is 0. The Morgan fingerprint density at radius 2 is 2.30 bits per heavy atom. The number of aliphatic hydroxyl groups is 1. The highest BCUT2D eigenvalue weighted by Gasteiger charge is 2.25. The Labute approximate surface area is 117 Å². The molecule has 0 spiro atoms. The Morgan fingerprint density at radius 3 is 3.05 bits per heavy atom. The Morgan fingerprint density at radius 1 is 1.50 bits per heavy atom. The van der Waals surface area contributed by atoms with E-state index >= 15 is 0 Å². The number of unbranched alkanes of at least 4 members (excludes halogenated alkanes) is 1. The molecular formula is C14H20N2O4. The van der Waals surface area contributed by atoms with E-state index in [0.29, 0.717) is 17.9 Å². The lowest BCUT2D eigenvalue weighted by molar-refractivity contribution is -0.118. The van der Waals surface area contributed by atoms with Crippen LogP contribution in [0.4, 0.5) is 5.69 Å². The number of aromatic hydroxyl groups is 1. The zero-order valence-electron chi connectivity index (χ0n) is 11.5. The first-order chi connectivity index (χ1) is 9.63. The number of benzene rings is 1. The molecule has 6 nitrogen and oxygen atoms in total. The molecule has 1 unspecified atom stereocenters. The van der Waals surface area contributed by atoms with E-state index in [1.54, 1.807) is 6.07 Å².